The normalized spacial score (nSPS) is 10.9. The van der Waals surface area contributed by atoms with Gasteiger partial charge in [-0.1, -0.05) is 56.4 Å². The highest BCUT2D eigenvalue weighted by molar-refractivity contribution is 7.29. The molecule has 146 valence electrons. The molecule has 0 aliphatic heterocycles. The minimum atomic E-state index is -0.596. The Labute approximate surface area is 177 Å². The second-order valence-corrected chi connectivity index (χ2v) is 9.10. The van der Waals surface area contributed by atoms with Crippen molar-refractivity contribution in [2.45, 2.75) is 33.1 Å². The highest BCUT2D eigenvalue weighted by atomic mass is 32.1. The fourth-order valence-corrected chi connectivity index (χ4v) is 5.49. The standard InChI is InChI=1S/C25H20F2S2/c1-3-5-17-6-8-18(9-7-17)23-15-25-24(29-23)14-19(28-25)10-11-20-21(26)12-16(4-2)13-22(20)27/h6-9,12-15H,3-5H2,1-2H3. The zero-order valence-corrected chi connectivity index (χ0v) is 17.9. The van der Waals surface area contributed by atoms with Crippen LogP contribution < -0.4 is 0 Å². The van der Waals surface area contributed by atoms with Crippen LogP contribution in [0.4, 0.5) is 8.78 Å². The highest BCUT2D eigenvalue weighted by Gasteiger charge is 2.10. The van der Waals surface area contributed by atoms with Crippen molar-refractivity contribution in [2.75, 3.05) is 0 Å². The van der Waals surface area contributed by atoms with Crippen LogP contribution in [-0.4, -0.2) is 0 Å². The van der Waals surface area contributed by atoms with Gasteiger partial charge in [-0.15, -0.1) is 22.7 Å². The molecule has 4 rings (SSSR count). The largest absolute Gasteiger partial charge is 0.206 e. The second kappa shape index (κ2) is 8.49. The van der Waals surface area contributed by atoms with E-state index in [1.807, 2.05) is 13.0 Å². The van der Waals surface area contributed by atoms with Crippen molar-refractivity contribution in [2.24, 2.45) is 0 Å². The number of rotatable bonds is 4. The molecule has 0 unspecified atom stereocenters. The summed E-state index contributed by atoms with van der Waals surface area (Å²) in [7, 11) is 0. The first-order valence-electron chi connectivity index (χ1n) is 9.70. The first-order chi connectivity index (χ1) is 14.1. The van der Waals surface area contributed by atoms with Gasteiger partial charge < -0.3 is 0 Å². The molecule has 0 spiro atoms. The quantitative estimate of drug-likeness (QED) is 0.294. The minimum absolute atomic E-state index is 0.160. The molecule has 29 heavy (non-hydrogen) atoms. The van der Waals surface area contributed by atoms with Crippen LogP contribution in [0.15, 0.2) is 48.5 Å². The summed E-state index contributed by atoms with van der Waals surface area (Å²) in [5, 5.41) is 0. The minimum Gasteiger partial charge on any atom is -0.206 e. The summed E-state index contributed by atoms with van der Waals surface area (Å²) < 4.78 is 30.5. The lowest BCUT2D eigenvalue weighted by Gasteiger charge is -2.01. The summed E-state index contributed by atoms with van der Waals surface area (Å²) in [5.74, 6) is 4.42. The Morgan fingerprint density at radius 3 is 2.10 bits per heavy atom. The Morgan fingerprint density at radius 1 is 0.793 bits per heavy atom. The zero-order valence-electron chi connectivity index (χ0n) is 16.3. The molecule has 2 aromatic heterocycles. The number of aryl methyl sites for hydroxylation is 2. The molecule has 0 radical (unpaired) electrons. The molecule has 2 aromatic carbocycles. The van der Waals surface area contributed by atoms with Crippen LogP contribution in [-0.2, 0) is 12.8 Å². The Bertz CT molecular complexity index is 1160. The van der Waals surface area contributed by atoms with Gasteiger partial charge in [-0.3, -0.25) is 0 Å². The van der Waals surface area contributed by atoms with Gasteiger partial charge in [0.1, 0.15) is 11.6 Å². The molecule has 4 aromatic rings. The van der Waals surface area contributed by atoms with Crippen LogP contribution >= 0.6 is 22.7 Å². The molecule has 0 atom stereocenters. The molecule has 0 nitrogen and oxygen atoms in total. The number of hydrogen-bond donors (Lipinski definition) is 0. The summed E-state index contributed by atoms with van der Waals surface area (Å²) in [6.07, 6.45) is 2.84. The number of fused-ring (bicyclic) bond motifs is 1. The third-order valence-corrected chi connectivity index (χ3v) is 7.06. The van der Waals surface area contributed by atoms with E-state index in [9.17, 15) is 8.78 Å². The van der Waals surface area contributed by atoms with Gasteiger partial charge >= 0.3 is 0 Å². The third-order valence-electron chi connectivity index (χ3n) is 4.81. The SMILES string of the molecule is CCCc1ccc(-c2cc3sc(C#Cc4c(F)cc(CC)cc4F)cc3s2)cc1. The van der Waals surface area contributed by atoms with E-state index < -0.39 is 11.6 Å². The number of hydrogen-bond acceptors (Lipinski definition) is 2. The molecule has 0 bridgehead atoms. The van der Waals surface area contributed by atoms with Crippen LogP contribution in [0.2, 0.25) is 0 Å². The summed E-state index contributed by atoms with van der Waals surface area (Å²) in [6, 6.07) is 15.6. The highest BCUT2D eigenvalue weighted by Crippen LogP contribution is 2.38. The van der Waals surface area contributed by atoms with E-state index in [0.717, 1.165) is 27.1 Å². The van der Waals surface area contributed by atoms with Crippen LogP contribution in [0.1, 0.15) is 41.8 Å². The summed E-state index contributed by atoms with van der Waals surface area (Å²) in [4.78, 5) is 2.04. The van der Waals surface area contributed by atoms with Gasteiger partial charge in [0, 0.05) is 14.3 Å². The summed E-state index contributed by atoms with van der Waals surface area (Å²) in [6.45, 7) is 4.05. The van der Waals surface area contributed by atoms with Crippen molar-refractivity contribution < 1.29 is 8.78 Å². The molecule has 0 aliphatic rings. The molecule has 0 N–H and O–H groups in total. The van der Waals surface area contributed by atoms with Gasteiger partial charge in [0.2, 0.25) is 0 Å². The monoisotopic (exact) mass is 422 g/mol. The lowest BCUT2D eigenvalue weighted by atomic mass is 10.1. The second-order valence-electron chi connectivity index (χ2n) is 6.93. The van der Waals surface area contributed by atoms with Crippen molar-refractivity contribution in [3.63, 3.8) is 0 Å². The maximum absolute atomic E-state index is 14.1. The van der Waals surface area contributed by atoms with Gasteiger partial charge in [0.15, 0.2) is 0 Å². The molecule has 0 saturated carbocycles. The zero-order chi connectivity index (χ0) is 20.4. The van der Waals surface area contributed by atoms with Gasteiger partial charge in [-0.25, -0.2) is 8.78 Å². The smallest absolute Gasteiger partial charge is 0.142 e. The Morgan fingerprint density at radius 2 is 1.48 bits per heavy atom. The fraction of sp³-hybridized carbons (Fsp3) is 0.200. The number of halogens is 2. The summed E-state index contributed by atoms with van der Waals surface area (Å²) in [5.41, 5.74) is 3.05. The maximum atomic E-state index is 14.1. The Hall–Kier alpha value is -2.48. The van der Waals surface area contributed by atoms with Crippen LogP contribution in [0.5, 0.6) is 0 Å². The van der Waals surface area contributed by atoms with Crippen molar-refractivity contribution in [3.05, 3.63) is 81.7 Å². The number of benzene rings is 2. The lowest BCUT2D eigenvalue weighted by Crippen LogP contribution is -1.93. The average Bonchev–Trinajstić information content (AvgIpc) is 3.27. The fourth-order valence-electron chi connectivity index (χ4n) is 3.24. The van der Waals surface area contributed by atoms with Crippen molar-refractivity contribution in [1.29, 1.82) is 0 Å². The molecule has 0 saturated heterocycles. The topological polar surface area (TPSA) is 0 Å². The van der Waals surface area contributed by atoms with E-state index in [-0.39, 0.29) is 5.56 Å². The number of thiophene rings is 2. The lowest BCUT2D eigenvalue weighted by molar-refractivity contribution is 0.574. The molecule has 2 heterocycles. The third kappa shape index (κ3) is 4.27. The van der Waals surface area contributed by atoms with Crippen LogP contribution in [0, 0.1) is 23.5 Å². The van der Waals surface area contributed by atoms with Gasteiger partial charge in [0.05, 0.1) is 10.4 Å². The van der Waals surface area contributed by atoms with E-state index >= 15 is 0 Å². The van der Waals surface area contributed by atoms with E-state index in [1.165, 1.54) is 28.1 Å². The molecule has 4 heteroatoms. The first-order valence-corrected chi connectivity index (χ1v) is 11.3. The van der Waals surface area contributed by atoms with Crippen molar-refractivity contribution in [1.82, 2.24) is 0 Å². The van der Waals surface area contributed by atoms with E-state index in [2.05, 4.69) is 49.1 Å². The Balaban J connectivity index is 1.59. The molecule has 0 amide bonds. The predicted molar refractivity (Wildman–Crippen MR) is 121 cm³/mol. The average molecular weight is 423 g/mol. The first kappa shape index (κ1) is 19.8. The van der Waals surface area contributed by atoms with Gasteiger partial charge in [0.25, 0.3) is 0 Å². The van der Waals surface area contributed by atoms with Crippen molar-refractivity contribution in [3.8, 4) is 22.3 Å². The Kier molecular flexibility index (Phi) is 5.80. The van der Waals surface area contributed by atoms with Crippen molar-refractivity contribution >= 4 is 32.1 Å². The predicted octanol–water partition coefficient (Wildman–Crippen LogP) is 7.82. The van der Waals surface area contributed by atoms with E-state index in [1.54, 1.807) is 22.7 Å². The van der Waals surface area contributed by atoms with Gasteiger partial charge in [-0.2, -0.15) is 0 Å². The van der Waals surface area contributed by atoms with Gasteiger partial charge in [-0.05, 0) is 53.8 Å². The molecule has 0 fully saturated rings. The summed E-state index contributed by atoms with van der Waals surface area (Å²) >= 11 is 3.27. The molecule has 0 aliphatic carbocycles. The van der Waals surface area contributed by atoms with Crippen LogP contribution in [0.3, 0.4) is 0 Å². The van der Waals surface area contributed by atoms with Crippen LogP contribution in [0.25, 0.3) is 19.8 Å². The maximum Gasteiger partial charge on any atom is 0.142 e. The van der Waals surface area contributed by atoms with E-state index in [4.69, 9.17) is 0 Å². The molecular formula is C25H20F2S2. The molecular weight excluding hydrogens is 402 g/mol. The van der Waals surface area contributed by atoms with E-state index in [0.29, 0.717) is 12.0 Å².